The molecule has 0 saturated carbocycles. The van der Waals surface area contributed by atoms with Crippen LogP contribution in [0.1, 0.15) is 11.1 Å². The predicted molar refractivity (Wildman–Crippen MR) is 206 cm³/mol. The molecule has 8 aromatic rings. The van der Waals surface area contributed by atoms with Gasteiger partial charge < -0.3 is 4.57 Å². The monoisotopic (exact) mass is 652 g/mol. The van der Waals surface area contributed by atoms with Gasteiger partial charge in [-0.25, -0.2) is 4.85 Å². The third-order valence-corrected chi connectivity index (χ3v) is 14.5. The largest absolute Gasteiger partial charge is 0.319 e. The van der Waals surface area contributed by atoms with E-state index in [9.17, 15) is 10.5 Å². The van der Waals surface area contributed by atoms with E-state index in [0.717, 1.165) is 43.8 Å². The summed E-state index contributed by atoms with van der Waals surface area (Å²) in [6, 6.07) is 62.4. The van der Waals surface area contributed by atoms with Crippen LogP contribution in [0.5, 0.6) is 0 Å². The van der Waals surface area contributed by atoms with E-state index in [4.69, 9.17) is 6.57 Å². The number of fused-ring (bicyclic) bond motifs is 3. The van der Waals surface area contributed by atoms with Gasteiger partial charge in [0.05, 0.1) is 46.6 Å². The standard InChI is InChI=1S/C45H28N4Si/c1-48-41-29-33(25-27-44(41)49-42-23-12-11-21-39(42)40-28-32(30-46)24-26-43(40)49)38-22-13-14-34(31-47)45(38)50(35-15-5-2-6-16-35,36-17-7-3-8-18-36)37-19-9-4-10-20-37/h2-29H. The van der Waals surface area contributed by atoms with Crippen molar-refractivity contribution in [2.45, 2.75) is 0 Å². The van der Waals surface area contributed by atoms with Crippen molar-refractivity contribution in [3.63, 3.8) is 0 Å². The molecular weight excluding hydrogens is 625 g/mol. The summed E-state index contributed by atoms with van der Waals surface area (Å²) in [5.74, 6) is 0. The first kappa shape index (κ1) is 30.4. The van der Waals surface area contributed by atoms with Gasteiger partial charge in [-0.15, -0.1) is 0 Å². The number of aromatic nitrogens is 1. The van der Waals surface area contributed by atoms with E-state index in [0.29, 0.717) is 16.8 Å². The minimum absolute atomic E-state index is 0.495. The third kappa shape index (κ3) is 4.72. The topological polar surface area (TPSA) is 56.9 Å². The lowest BCUT2D eigenvalue weighted by Crippen LogP contribution is -2.75. The average Bonchev–Trinajstić information content (AvgIpc) is 3.52. The Morgan fingerprint density at radius 1 is 0.540 bits per heavy atom. The molecule has 7 aromatic carbocycles. The lowest BCUT2D eigenvalue weighted by molar-refractivity contribution is 1.19. The quantitative estimate of drug-likeness (QED) is 0.104. The van der Waals surface area contributed by atoms with Gasteiger partial charge in [-0.2, -0.15) is 10.5 Å². The Morgan fingerprint density at radius 3 is 1.74 bits per heavy atom. The number of rotatable bonds is 6. The first-order chi connectivity index (χ1) is 24.7. The molecule has 0 aliphatic rings. The van der Waals surface area contributed by atoms with Gasteiger partial charge in [-0.1, -0.05) is 127 Å². The Hall–Kier alpha value is -6.97. The highest BCUT2D eigenvalue weighted by atomic mass is 28.3. The fourth-order valence-corrected chi connectivity index (χ4v) is 12.7. The fourth-order valence-electron chi connectivity index (χ4n) is 7.56. The van der Waals surface area contributed by atoms with Crippen LogP contribution in [0.3, 0.4) is 0 Å². The van der Waals surface area contributed by atoms with E-state index >= 15 is 0 Å². The summed E-state index contributed by atoms with van der Waals surface area (Å²) in [7, 11) is -3.10. The van der Waals surface area contributed by atoms with Crippen molar-refractivity contribution >= 4 is 56.3 Å². The SMILES string of the molecule is [C-]#[N+]c1cc(-c2cccc(C#N)c2[Si](c2ccccc2)(c2ccccc2)c2ccccc2)ccc1-n1c2ccccc2c2cc(C#N)ccc21. The van der Waals surface area contributed by atoms with E-state index in [1.165, 1.54) is 15.6 Å². The van der Waals surface area contributed by atoms with Gasteiger partial charge in [0.1, 0.15) is 0 Å². The van der Waals surface area contributed by atoms with E-state index in [1.807, 2.05) is 72.8 Å². The van der Waals surface area contributed by atoms with Crippen LogP contribution in [0, 0.1) is 29.2 Å². The maximum Gasteiger partial charge on any atom is 0.211 e. The molecule has 8 rings (SSSR count). The third-order valence-electron chi connectivity index (χ3n) is 9.63. The van der Waals surface area contributed by atoms with Crippen molar-refractivity contribution in [1.82, 2.24) is 4.57 Å². The molecule has 0 fully saturated rings. The summed E-state index contributed by atoms with van der Waals surface area (Å²) in [4.78, 5) is 4.09. The highest BCUT2D eigenvalue weighted by molar-refractivity contribution is 7.20. The predicted octanol–water partition coefficient (Wildman–Crippen LogP) is 8.12. The molecule has 0 atom stereocenters. The van der Waals surface area contributed by atoms with E-state index in [-0.39, 0.29) is 0 Å². The zero-order valence-electron chi connectivity index (χ0n) is 27.0. The second-order valence-corrected chi connectivity index (χ2v) is 15.9. The molecule has 4 nitrogen and oxygen atoms in total. The maximum atomic E-state index is 10.8. The highest BCUT2D eigenvalue weighted by Gasteiger charge is 2.44. The van der Waals surface area contributed by atoms with Gasteiger partial charge in [0, 0.05) is 10.8 Å². The van der Waals surface area contributed by atoms with E-state index in [1.54, 1.807) is 0 Å². The normalized spacial score (nSPS) is 11.1. The molecule has 0 radical (unpaired) electrons. The van der Waals surface area contributed by atoms with Gasteiger partial charge in [0.2, 0.25) is 5.69 Å². The van der Waals surface area contributed by atoms with Crippen LogP contribution in [-0.4, -0.2) is 12.6 Å². The van der Waals surface area contributed by atoms with Crippen LogP contribution in [0.4, 0.5) is 5.69 Å². The lowest BCUT2D eigenvalue weighted by Gasteiger charge is -2.36. The first-order valence-electron chi connectivity index (χ1n) is 16.3. The Kier molecular flexibility index (Phi) is 7.63. The Balaban J connectivity index is 1.44. The van der Waals surface area contributed by atoms with Gasteiger partial charge in [0.25, 0.3) is 0 Å². The molecule has 1 heterocycles. The van der Waals surface area contributed by atoms with Gasteiger partial charge in [-0.3, -0.25) is 0 Å². The Morgan fingerprint density at radius 2 is 1.14 bits per heavy atom. The molecule has 0 aliphatic carbocycles. The molecule has 232 valence electrons. The minimum atomic E-state index is -3.10. The van der Waals surface area contributed by atoms with Gasteiger partial charge in [-0.05, 0) is 74.3 Å². The summed E-state index contributed by atoms with van der Waals surface area (Å²) in [6.07, 6.45) is 0. The summed E-state index contributed by atoms with van der Waals surface area (Å²) < 4.78 is 2.12. The minimum Gasteiger partial charge on any atom is -0.319 e. The number of hydrogen-bond donors (Lipinski definition) is 0. The van der Waals surface area contributed by atoms with Gasteiger partial charge in [0.15, 0.2) is 8.07 Å². The summed E-state index contributed by atoms with van der Waals surface area (Å²) in [5.41, 5.74) is 6.17. The second kappa shape index (κ2) is 12.6. The van der Waals surface area contributed by atoms with Crippen molar-refractivity contribution in [3.05, 3.63) is 192 Å². The van der Waals surface area contributed by atoms with Crippen LogP contribution < -0.4 is 20.7 Å². The van der Waals surface area contributed by atoms with Crippen molar-refractivity contribution in [2.75, 3.05) is 0 Å². The molecule has 0 unspecified atom stereocenters. The molecule has 1 aromatic heterocycles. The van der Waals surface area contributed by atoms with Crippen molar-refractivity contribution in [3.8, 4) is 29.0 Å². The van der Waals surface area contributed by atoms with Crippen molar-refractivity contribution < 1.29 is 0 Å². The number of nitrogens with zero attached hydrogens (tertiary/aromatic N) is 4. The lowest BCUT2D eigenvalue weighted by atomic mass is 10.0. The summed E-state index contributed by atoms with van der Waals surface area (Å²) in [6.45, 7) is 8.41. The average molecular weight is 653 g/mol. The number of para-hydroxylation sites is 1. The van der Waals surface area contributed by atoms with Crippen LogP contribution >= 0.6 is 0 Å². The van der Waals surface area contributed by atoms with Crippen LogP contribution in [-0.2, 0) is 0 Å². The number of benzene rings is 7. The van der Waals surface area contributed by atoms with E-state index < -0.39 is 8.07 Å². The van der Waals surface area contributed by atoms with Crippen LogP contribution in [0.15, 0.2) is 170 Å². The highest BCUT2D eigenvalue weighted by Crippen LogP contribution is 2.38. The number of hydrogen-bond acceptors (Lipinski definition) is 2. The molecular formula is C45H28N4Si. The molecule has 0 amide bonds. The molecule has 0 saturated heterocycles. The molecule has 0 N–H and O–H groups in total. The van der Waals surface area contributed by atoms with Gasteiger partial charge >= 0.3 is 0 Å². The molecule has 0 bridgehead atoms. The van der Waals surface area contributed by atoms with E-state index in [2.05, 4.69) is 119 Å². The molecule has 0 spiro atoms. The first-order valence-corrected chi connectivity index (χ1v) is 18.3. The second-order valence-electron chi connectivity index (χ2n) is 12.2. The van der Waals surface area contributed by atoms with Crippen LogP contribution in [0.25, 0.3) is 43.5 Å². The Labute approximate surface area is 291 Å². The smallest absolute Gasteiger partial charge is 0.211 e. The molecule has 50 heavy (non-hydrogen) atoms. The summed E-state index contributed by atoms with van der Waals surface area (Å²) >= 11 is 0. The Bertz CT molecular complexity index is 2580. The summed E-state index contributed by atoms with van der Waals surface area (Å²) in [5, 5.41) is 26.9. The van der Waals surface area contributed by atoms with Crippen molar-refractivity contribution in [1.29, 1.82) is 10.5 Å². The zero-order valence-corrected chi connectivity index (χ0v) is 28.0. The fraction of sp³-hybridized carbons (Fsp3) is 0. The molecule has 5 heteroatoms. The van der Waals surface area contributed by atoms with Crippen LogP contribution in [0.2, 0.25) is 0 Å². The maximum absolute atomic E-state index is 10.8. The van der Waals surface area contributed by atoms with Crippen molar-refractivity contribution in [2.24, 2.45) is 0 Å². The zero-order chi connectivity index (χ0) is 34.1. The number of nitriles is 2. The molecule has 0 aliphatic heterocycles.